The third kappa shape index (κ3) is 3.48. The number of carbonyl (C=O) groups excluding carboxylic acids is 2. The Morgan fingerprint density at radius 2 is 1.92 bits per heavy atom. The maximum atomic E-state index is 13.2. The number of anilines is 1. The number of aryl methyl sites for hydroxylation is 2. The van der Waals surface area contributed by atoms with Crippen molar-refractivity contribution in [3.05, 3.63) is 47.8 Å². The molecule has 0 aliphatic heterocycles. The number of hydrogen-bond donors (Lipinski definition) is 0. The van der Waals surface area contributed by atoms with Gasteiger partial charge in [0.05, 0.1) is 12.8 Å². The largest absolute Gasteiger partial charge is 0.467 e. The summed E-state index contributed by atoms with van der Waals surface area (Å²) in [5.74, 6) is -0.699. The normalized spacial score (nSPS) is 11.8. The zero-order chi connectivity index (χ0) is 17.7. The fourth-order valence-corrected chi connectivity index (χ4v) is 2.70. The first-order valence-corrected chi connectivity index (χ1v) is 8.04. The minimum Gasteiger partial charge on any atom is -0.467 e. The monoisotopic (exact) mass is 329 g/mol. The zero-order valence-corrected chi connectivity index (χ0v) is 14.5. The lowest BCUT2D eigenvalue weighted by atomic mass is 10.1. The van der Waals surface area contributed by atoms with Gasteiger partial charge in [-0.15, -0.1) is 0 Å². The number of amides is 1. The van der Waals surface area contributed by atoms with Gasteiger partial charge in [-0.25, -0.2) is 4.79 Å². The second-order valence-corrected chi connectivity index (χ2v) is 5.44. The minimum atomic E-state index is -0.689. The van der Waals surface area contributed by atoms with E-state index in [1.54, 1.807) is 10.7 Å². The third-order valence-corrected chi connectivity index (χ3v) is 3.85. The first-order valence-electron chi connectivity index (χ1n) is 8.04. The van der Waals surface area contributed by atoms with E-state index >= 15 is 0 Å². The van der Waals surface area contributed by atoms with E-state index in [4.69, 9.17) is 4.74 Å². The molecule has 0 bridgehead atoms. The fraction of sp³-hybridized carbons (Fsp3) is 0.389. The van der Waals surface area contributed by atoms with Gasteiger partial charge >= 0.3 is 5.97 Å². The number of benzene rings is 1. The summed E-state index contributed by atoms with van der Waals surface area (Å²) in [6.45, 7) is 6.20. The molecule has 128 valence electrons. The standard InChI is InChI=1S/C18H23N3O3/c1-5-15(18(23)24-4)21(14-10-8-7-9-11-14)17(22)16-12-13(3)19-20(16)6-2/h7-12,15H,5-6H2,1-4H3. The second kappa shape index (κ2) is 7.77. The molecule has 1 amide bonds. The molecule has 0 spiro atoms. The van der Waals surface area contributed by atoms with E-state index in [0.29, 0.717) is 24.3 Å². The van der Waals surface area contributed by atoms with Gasteiger partial charge in [0.25, 0.3) is 5.91 Å². The van der Waals surface area contributed by atoms with Crippen molar-refractivity contribution in [3.63, 3.8) is 0 Å². The Hall–Kier alpha value is -2.63. The molecule has 6 heteroatoms. The number of carbonyl (C=O) groups is 2. The smallest absolute Gasteiger partial charge is 0.328 e. The summed E-state index contributed by atoms with van der Waals surface area (Å²) in [5, 5.41) is 4.33. The zero-order valence-electron chi connectivity index (χ0n) is 14.5. The van der Waals surface area contributed by atoms with Crippen LogP contribution < -0.4 is 4.90 Å². The second-order valence-electron chi connectivity index (χ2n) is 5.44. The summed E-state index contributed by atoms with van der Waals surface area (Å²) in [7, 11) is 1.33. The van der Waals surface area contributed by atoms with E-state index in [-0.39, 0.29) is 5.91 Å². The molecule has 6 nitrogen and oxygen atoms in total. The van der Waals surface area contributed by atoms with Gasteiger partial charge in [-0.2, -0.15) is 5.10 Å². The number of ether oxygens (including phenoxy) is 1. The van der Waals surface area contributed by atoms with Crippen molar-refractivity contribution in [2.75, 3.05) is 12.0 Å². The van der Waals surface area contributed by atoms with Crippen molar-refractivity contribution in [2.24, 2.45) is 0 Å². The molecule has 0 aliphatic carbocycles. The molecule has 0 radical (unpaired) electrons. The van der Waals surface area contributed by atoms with Crippen LogP contribution in [0.3, 0.4) is 0 Å². The molecule has 0 fully saturated rings. The van der Waals surface area contributed by atoms with Gasteiger partial charge in [0.2, 0.25) is 0 Å². The van der Waals surface area contributed by atoms with Crippen LogP contribution in [-0.4, -0.2) is 34.8 Å². The molecule has 24 heavy (non-hydrogen) atoms. The van der Waals surface area contributed by atoms with Crippen LogP contribution >= 0.6 is 0 Å². The molecular weight excluding hydrogens is 306 g/mol. The Morgan fingerprint density at radius 3 is 2.46 bits per heavy atom. The highest BCUT2D eigenvalue weighted by Crippen LogP contribution is 2.22. The molecule has 0 saturated heterocycles. The molecule has 0 N–H and O–H groups in total. The van der Waals surface area contributed by atoms with Crippen LogP contribution in [0.4, 0.5) is 5.69 Å². The number of hydrogen-bond acceptors (Lipinski definition) is 4. The first kappa shape index (κ1) is 17.7. The molecule has 2 aromatic rings. The first-order chi connectivity index (χ1) is 11.5. The Kier molecular flexibility index (Phi) is 5.73. The van der Waals surface area contributed by atoms with Crippen molar-refractivity contribution in [1.82, 2.24) is 9.78 Å². The SMILES string of the molecule is CCC(C(=O)OC)N(C(=O)c1cc(C)nn1CC)c1ccccc1. The van der Waals surface area contributed by atoms with Crippen LogP contribution in [0.2, 0.25) is 0 Å². The van der Waals surface area contributed by atoms with Crippen LogP contribution in [0.1, 0.15) is 36.5 Å². The molecule has 2 rings (SSSR count). The maximum Gasteiger partial charge on any atom is 0.328 e. The van der Waals surface area contributed by atoms with Gasteiger partial charge in [-0.05, 0) is 38.5 Å². The van der Waals surface area contributed by atoms with Crippen LogP contribution in [0.5, 0.6) is 0 Å². The van der Waals surface area contributed by atoms with Gasteiger partial charge in [-0.3, -0.25) is 14.4 Å². The van der Waals surface area contributed by atoms with Crippen molar-refractivity contribution in [1.29, 1.82) is 0 Å². The van der Waals surface area contributed by atoms with E-state index in [9.17, 15) is 9.59 Å². The van der Waals surface area contributed by atoms with E-state index in [0.717, 1.165) is 5.69 Å². The lowest BCUT2D eigenvalue weighted by Crippen LogP contribution is -2.46. The average Bonchev–Trinajstić information content (AvgIpc) is 3.00. The van der Waals surface area contributed by atoms with Crippen molar-refractivity contribution >= 4 is 17.6 Å². The van der Waals surface area contributed by atoms with Gasteiger partial charge in [0.15, 0.2) is 0 Å². The fourth-order valence-electron chi connectivity index (χ4n) is 2.70. The van der Waals surface area contributed by atoms with E-state index in [2.05, 4.69) is 5.10 Å². The average molecular weight is 329 g/mol. The van der Waals surface area contributed by atoms with E-state index < -0.39 is 12.0 Å². The van der Waals surface area contributed by atoms with Crippen LogP contribution in [-0.2, 0) is 16.1 Å². The summed E-state index contributed by atoms with van der Waals surface area (Å²) in [5.41, 5.74) is 1.88. The summed E-state index contributed by atoms with van der Waals surface area (Å²) in [6, 6.07) is 10.2. The van der Waals surface area contributed by atoms with Crippen LogP contribution in [0, 0.1) is 6.92 Å². The number of nitrogens with zero attached hydrogens (tertiary/aromatic N) is 3. The van der Waals surface area contributed by atoms with Crippen LogP contribution in [0.25, 0.3) is 0 Å². The topological polar surface area (TPSA) is 64.4 Å². The van der Waals surface area contributed by atoms with Crippen molar-refractivity contribution in [2.45, 2.75) is 39.8 Å². The molecule has 0 saturated carbocycles. The van der Waals surface area contributed by atoms with Gasteiger partial charge < -0.3 is 4.74 Å². The Labute approximate surface area is 142 Å². The van der Waals surface area contributed by atoms with Gasteiger partial charge in [0.1, 0.15) is 11.7 Å². The summed E-state index contributed by atoms with van der Waals surface area (Å²) in [4.78, 5) is 26.9. The van der Waals surface area contributed by atoms with E-state index in [1.807, 2.05) is 51.1 Å². The Morgan fingerprint density at radius 1 is 1.25 bits per heavy atom. The highest BCUT2D eigenvalue weighted by atomic mass is 16.5. The lowest BCUT2D eigenvalue weighted by molar-refractivity contribution is -0.142. The predicted octanol–water partition coefficient (Wildman–Crippen LogP) is 2.81. The third-order valence-electron chi connectivity index (χ3n) is 3.85. The molecule has 1 atom stereocenters. The molecule has 1 aromatic carbocycles. The number of aromatic nitrogens is 2. The summed E-state index contributed by atoms with van der Waals surface area (Å²) < 4.78 is 6.55. The predicted molar refractivity (Wildman–Crippen MR) is 92.0 cm³/mol. The lowest BCUT2D eigenvalue weighted by Gasteiger charge is -2.29. The summed E-state index contributed by atoms with van der Waals surface area (Å²) in [6.07, 6.45) is 0.451. The summed E-state index contributed by atoms with van der Waals surface area (Å²) >= 11 is 0. The Balaban J connectivity index is 2.53. The Bertz CT molecular complexity index is 710. The molecule has 1 aromatic heterocycles. The number of rotatable bonds is 6. The van der Waals surface area contributed by atoms with Crippen LogP contribution in [0.15, 0.2) is 36.4 Å². The number of esters is 1. The van der Waals surface area contributed by atoms with Crippen molar-refractivity contribution < 1.29 is 14.3 Å². The minimum absolute atomic E-state index is 0.263. The number of methoxy groups -OCH3 is 1. The number of para-hydroxylation sites is 1. The van der Waals surface area contributed by atoms with Crippen molar-refractivity contribution in [3.8, 4) is 0 Å². The molecule has 1 unspecified atom stereocenters. The quantitative estimate of drug-likeness (QED) is 0.765. The van der Waals surface area contributed by atoms with E-state index in [1.165, 1.54) is 12.0 Å². The highest BCUT2D eigenvalue weighted by Gasteiger charge is 2.32. The van der Waals surface area contributed by atoms with Gasteiger partial charge in [0, 0.05) is 12.2 Å². The molecule has 0 aliphatic rings. The van der Waals surface area contributed by atoms with Gasteiger partial charge in [-0.1, -0.05) is 25.1 Å². The highest BCUT2D eigenvalue weighted by molar-refractivity contribution is 6.08. The molecule has 1 heterocycles. The maximum absolute atomic E-state index is 13.2. The molecular formula is C18H23N3O3.